The zero-order chi connectivity index (χ0) is 13.8. The SMILES string of the molecule is O=C(O)c1cncc(OCc2cccc(Cl)c2Cl)c1. The van der Waals surface area contributed by atoms with E-state index in [-0.39, 0.29) is 12.2 Å². The van der Waals surface area contributed by atoms with Gasteiger partial charge in [-0.2, -0.15) is 0 Å². The van der Waals surface area contributed by atoms with E-state index in [0.29, 0.717) is 15.8 Å². The zero-order valence-corrected chi connectivity index (χ0v) is 11.1. The van der Waals surface area contributed by atoms with Crippen molar-refractivity contribution in [2.75, 3.05) is 0 Å². The number of halogens is 2. The second-order valence-corrected chi connectivity index (χ2v) is 4.50. The maximum absolute atomic E-state index is 10.8. The number of nitrogens with zero attached hydrogens (tertiary/aromatic N) is 1. The first-order valence-corrected chi connectivity index (χ1v) is 6.07. The predicted molar refractivity (Wildman–Crippen MR) is 72.0 cm³/mol. The second kappa shape index (κ2) is 5.91. The van der Waals surface area contributed by atoms with Gasteiger partial charge in [0.15, 0.2) is 0 Å². The minimum absolute atomic E-state index is 0.0645. The van der Waals surface area contributed by atoms with Gasteiger partial charge in [-0.25, -0.2) is 4.79 Å². The van der Waals surface area contributed by atoms with Crippen molar-refractivity contribution in [2.45, 2.75) is 6.61 Å². The van der Waals surface area contributed by atoms with Gasteiger partial charge in [-0.15, -0.1) is 0 Å². The molecule has 1 aromatic carbocycles. The largest absolute Gasteiger partial charge is 0.487 e. The van der Waals surface area contributed by atoms with Crippen LogP contribution in [-0.2, 0) is 6.61 Å². The normalized spacial score (nSPS) is 10.2. The number of carbonyl (C=O) groups is 1. The van der Waals surface area contributed by atoms with Crippen LogP contribution in [0, 0.1) is 0 Å². The molecule has 1 heterocycles. The highest BCUT2D eigenvalue weighted by molar-refractivity contribution is 6.42. The third-order valence-electron chi connectivity index (χ3n) is 2.39. The molecular weight excluding hydrogens is 289 g/mol. The number of ether oxygens (including phenoxy) is 1. The third kappa shape index (κ3) is 3.36. The predicted octanol–water partition coefficient (Wildman–Crippen LogP) is 3.67. The van der Waals surface area contributed by atoms with Crippen molar-refractivity contribution in [1.29, 1.82) is 0 Å². The first-order valence-electron chi connectivity index (χ1n) is 5.32. The molecule has 0 atom stereocenters. The van der Waals surface area contributed by atoms with Crippen molar-refractivity contribution < 1.29 is 14.6 Å². The second-order valence-electron chi connectivity index (χ2n) is 3.72. The molecule has 19 heavy (non-hydrogen) atoms. The Kier molecular flexibility index (Phi) is 4.24. The summed E-state index contributed by atoms with van der Waals surface area (Å²) in [5, 5.41) is 9.71. The number of rotatable bonds is 4. The molecule has 98 valence electrons. The molecule has 0 radical (unpaired) electrons. The van der Waals surface area contributed by atoms with Crippen LogP contribution in [0.1, 0.15) is 15.9 Å². The molecule has 0 unspecified atom stereocenters. The molecular formula is C13H9Cl2NO3. The molecule has 0 fully saturated rings. The summed E-state index contributed by atoms with van der Waals surface area (Å²) in [6.45, 7) is 0.185. The van der Waals surface area contributed by atoms with E-state index in [0.717, 1.165) is 5.56 Å². The summed E-state index contributed by atoms with van der Waals surface area (Å²) in [6, 6.07) is 6.62. The van der Waals surface area contributed by atoms with Crippen molar-refractivity contribution in [1.82, 2.24) is 4.98 Å². The molecule has 0 saturated carbocycles. The van der Waals surface area contributed by atoms with E-state index in [9.17, 15) is 4.79 Å². The van der Waals surface area contributed by atoms with E-state index in [1.54, 1.807) is 18.2 Å². The van der Waals surface area contributed by atoms with Gasteiger partial charge in [0.05, 0.1) is 21.8 Å². The van der Waals surface area contributed by atoms with Gasteiger partial charge in [0.1, 0.15) is 12.4 Å². The highest BCUT2D eigenvalue weighted by Gasteiger charge is 2.07. The first kappa shape index (κ1) is 13.6. The number of pyridine rings is 1. The molecule has 0 aliphatic carbocycles. The van der Waals surface area contributed by atoms with E-state index in [1.807, 2.05) is 0 Å². The van der Waals surface area contributed by atoms with Crippen LogP contribution < -0.4 is 4.74 Å². The van der Waals surface area contributed by atoms with Crippen LogP contribution in [0.15, 0.2) is 36.7 Å². The summed E-state index contributed by atoms with van der Waals surface area (Å²) in [4.78, 5) is 14.6. The summed E-state index contributed by atoms with van der Waals surface area (Å²) < 4.78 is 5.45. The first-order chi connectivity index (χ1) is 9.08. The lowest BCUT2D eigenvalue weighted by molar-refractivity contribution is 0.0696. The lowest BCUT2D eigenvalue weighted by Gasteiger charge is -2.08. The number of aromatic nitrogens is 1. The van der Waals surface area contributed by atoms with Crippen LogP contribution in [0.5, 0.6) is 5.75 Å². The fourth-order valence-electron chi connectivity index (χ4n) is 1.44. The molecule has 0 spiro atoms. The minimum atomic E-state index is -1.06. The van der Waals surface area contributed by atoms with Crippen molar-refractivity contribution in [2.24, 2.45) is 0 Å². The number of hydrogen-bond acceptors (Lipinski definition) is 3. The zero-order valence-electron chi connectivity index (χ0n) is 9.64. The van der Waals surface area contributed by atoms with Gasteiger partial charge in [-0.05, 0) is 12.1 Å². The van der Waals surface area contributed by atoms with Crippen molar-refractivity contribution in [3.05, 3.63) is 57.8 Å². The Labute approximate surface area is 119 Å². The van der Waals surface area contributed by atoms with Crippen LogP contribution in [0.3, 0.4) is 0 Å². The fourth-order valence-corrected chi connectivity index (χ4v) is 1.81. The number of carboxylic acids is 1. The molecule has 4 nitrogen and oxygen atoms in total. The number of aromatic carboxylic acids is 1. The van der Waals surface area contributed by atoms with Crippen LogP contribution in [0.2, 0.25) is 10.0 Å². The van der Waals surface area contributed by atoms with E-state index < -0.39 is 5.97 Å². The number of hydrogen-bond donors (Lipinski definition) is 1. The fraction of sp³-hybridized carbons (Fsp3) is 0.0769. The monoisotopic (exact) mass is 297 g/mol. The molecule has 0 amide bonds. The Morgan fingerprint density at radius 3 is 2.84 bits per heavy atom. The molecule has 1 aromatic heterocycles. The smallest absolute Gasteiger partial charge is 0.337 e. The number of benzene rings is 1. The summed E-state index contributed by atoms with van der Waals surface area (Å²) in [5.74, 6) is -0.699. The van der Waals surface area contributed by atoms with Gasteiger partial charge in [0, 0.05) is 11.8 Å². The highest BCUT2D eigenvalue weighted by Crippen LogP contribution is 2.26. The van der Waals surface area contributed by atoms with E-state index >= 15 is 0 Å². The van der Waals surface area contributed by atoms with E-state index in [2.05, 4.69) is 4.98 Å². The highest BCUT2D eigenvalue weighted by atomic mass is 35.5. The average molecular weight is 298 g/mol. The van der Waals surface area contributed by atoms with Crippen molar-refractivity contribution in [3.63, 3.8) is 0 Å². The van der Waals surface area contributed by atoms with Crippen LogP contribution >= 0.6 is 23.2 Å². The Bertz CT molecular complexity index is 617. The van der Waals surface area contributed by atoms with Gasteiger partial charge in [0.2, 0.25) is 0 Å². The summed E-state index contributed by atoms with van der Waals surface area (Å²) in [7, 11) is 0. The minimum Gasteiger partial charge on any atom is -0.487 e. The summed E-state index contributed by atoms with van der Waals surface area (Å²) in [6.07, 6.45) is 2.69. The quantitative estimate of drug-likeness (QED) is 0.935. The standard InChI is InChI=1S/C13H9Cl2NO3/c14-11-3-1-2-8(12(11)15)7-19-10-4-9(13(17)18)5-16-6-10/h1-6H,7H2,(H,17,18). The molecule has 0 bridgehead atoms. The van der Waals surface area contributed by atoms with Crippen LogP contribution in [0.4, 0.5) is 0 Å². The summed E-state index contributed by atoms with van der Waals surface area (Å²) >= 11 is 11.9. The van der Waals surface area contributed by atoms with Crippen molar-refractivity contribution >= 4 is 29.2 Å². The molecule has 0 aliphatic heterocycles. The Morgan fingerprint density at radius 2 is 2.11 bits per heavy atom. The van der Waals surface area contributed by atoms with E-state index in [1.165, 1.54) is 18.5 Å². The van der Waals surface area contributed by atoms with Crippen LogP contribution in [-0.4, -0.2) is 16.1 Å². The topological polar surface area (TPSA) is 59.4 Å². The maximum atomic E-state index is 10.8. The van der Waals surface area contributed by atoms with Gasteiger partial charge < -0.3 is 9.84 Å². The average Bonchev–Trinajstić information content (AvgIpc) is 2.41. The van der Waals surface area contributed by atoms with E-state index in [4.69, 9.17) is 33.0 Å². The molecule has 2 rings (SSSR count). The molecule has 1 N–H and O–H groups in total. The summed E-state index contributed by atoms with van der Waals surface area (Å²) in [5.41, 5.74) is 0.782. The van der Waals surface area contributed by atoms with Crippen LogP contribution in [0.25, 0.3) is 0 Å². The van der Waals surface area contributed by atoms with Gasteiger partial charge in [-0.1, -0.05) is 35.3 Å². The Balaban J connectivity index is 2.12. The lowest BCUT2D eigenvalue weighted by Crippen LogP contribution is -2.00. The number of carboxylic acid groups (broad SMARTS) is 1. The molecule has 6 heteroatoms. The Morgan fingerprint density at radius 1 is 1.32 bits per heavy atom. The van der Waals surface area contributed by atoms with Gasteiger partial charge in [-0.3, -0.25) is 4.98 Å². The Hall–Kier alpha value is -1.78. The third-order valence-corrected chi connectivity index (χ3v) is 3.24. The maximum Gasteiger partial charge on any atom is 0.337 e. The van der Waals surface area contributed by atoms with Gasteiger partial charge in [0.25, 0.3) is 0 Å². The van der Waals surface area contributed by atoms with Gasteiger partial charge >= 0.3 is 5.97 Å². The molecule has 2 aromatic rings. The van der Waals surface area contributed by atoms with Crippen molar-refractivity contribution in [3.8, 4) is 5.75 Å². The lowest BCUT2D eigenvalue weighted by atomic mass is 10.2. The molecule has 0 saturated heterocycles. The molecule has 0 aliphatic rings.